The first-order valence-corrected chi connectivity index (χ1v) is 4.86. The van der Waals surface area contributed by atoms with E-state index in [0.717, 1.165) is 11.8 Å². The van der Waals surface area contributed by atoms with Gasteiger partial charge in [0.25, 0.3) is 0 Å². The standard InChI is InChI=1S/C9H18N2/c10-11-9-3-1-2-8(6-9)7-4-5-7/h7-9,11H,1-6,10H2. The van der Waals surface area contributed by atoms with Crippen molar-refractivity contribution in [1.82, 2.24) is 5.43 Å². The lowest BCUT2D eigenvalue weighted by atomic mass is 9.83. The van der Waals surface area contributed by atoms with Crippen LogP contribution in [0.3, 0.4) is 0 Å². The third kappa shape index (κ3) is 1.74. The van der Waals surface area contributed by atoms with Gasteiger partial charge in [0.2, 0.25) is 0 Å². The number of hydrazine groups is 1. The van der Waals surface area contributed by atoms with Crippen molar-refractivity contribution in [1.29, 1.82) is 0 Å². The number of nitrogens with two attached hydrogens (primary N) is 1. The number of hydrogen-bond donors (Lipinski definition) is 2. The van der Waals surface area contributed by atoms with Crippen molar-refractivity contribution in [3.63, 3.8) is 0 Å². The zero-order valence-electron chi connectivity index (χ0n) is 7.05. The zero-order valence-corrected chi connectivity index (χ0v) is 7.05. The van der Waals surface area contributed by atoms with Crippen molar-refractivity contribution in [2.24, 2.45) is 17.7 Å². The molecule has 2 saturated carbocycles. The Bertz CT molecular complexity index is 132. The molecule has 2 nitrogen and oxygen atoms in total. The first kappa shape index (κ1) is 7.56. The third-order valence-electron chi connectivity index (χ3n) is 3.24. The van der Waals surface area contributed by atoms with Gasteiger partial charge >= 0.3 is 0 Å². The summed E-state index contributed by atoms with van der Waals surface area (Å²) in [5, 5.41) is 0. The van der Waals surface area contributed by atoms with Crippen molar-refractivity contribution in [2.75, 3.05) is 0 Å². The molecule has 0 amide bonds. The van der Waals surface area contributed by atoms with Gasteiger partial charge in [0, 0.05) is 6.04 Å². The highest BCUT2D eigenvalue weighted by molar-refractivity contribution is 4.87. The third-order valence-corrected chi connectivity index (χ3v) is 3.24. The SMILES string of the molecule is NNC1CCCC(C2CC2)C1. The summed E-state index contributed by atoms with van der Waals surface area (Å²) < 4.78 is 0. The maximum absolute atomic E-state index is 5.44. The predicted molar refractivity (Wildman–Crippen MR) is 45.8 cm³/mol. The molecule has 0 aromatic heterocycles. The van der Waals surface area contributed by atoms with Crippen LogP contribution in [0.2, 0.25) is 0 Å². The summed E-state index contributed by atoms with van der Waals surface area (Å²) in [6.45, 7) is 0. The molecule has 3 N–H and O–H groups in total. The van der Waals surface area contributed by atoms with Gasteiger partial charge in [-0.1, -0.05) is 12.8 Å². The average molecular weight is 154 g/mol. The van der Waals surface area contributed by atoms with Gasteiger partial charge in [0.15, 0.2) is 0 Å². The molecule has 2 unspecified atom stereocenters. The van der Waals surface area contributed by atoms with Crippen LogP contribution < -0.4 is 11.3 Å². The predicted octanol–water partition coefficient (Wildman–Crippen LogP) is 1.42. The fourth-order valence-electron chi connectivity index (χ4n) is 2.37. The molecule has 2 rings (SSSR count). The van der Waals surface area contributed by atoms with Crippen molar-refractivity contribution < 1.29 is 0 Å². The number of hydrogen-bond acceptors (Lipinski definition) is 2. The Kier molecular flexibility index (Phi) is 2.14. The van der Waals surface area contributed by atoms with Gasteiger partial charge in [-0.05, 0) is 37.5 Å². The van der Waals surface area contributed by atoms with Crippen LogP contribution in [-0.2, 0) is 0 Å². The summed E-state index contributed by atoms with van der Waals surface area (Å²) >= 11 is 0. The Balaban J connectivity index is 1.82. The Morgan fingerprint density at radius 3 is 2.45 bits per heavy atom. The molecule has 0 radical (unpaired) electrons. The Hall–Kier alpha value is -0.0800. The molecular weight excluding hydrogens is 136 g/mol. The minimum absolute atomic E-state index is 0.620. The van der Waals surface area contributed by atoms with E-state index in [2.05, 4.69) is 5.43 Å². The van der Waals surface area contributed by atoms with E-state index in [1.165, 1.54) is 38.5 Å². The van der Waals surface area contributed by atoms with Crippen LogP contribution in [0.15, 0.2) is 0 Å². The van der Waals surface area contributed by atoms with Crippen molar-refractivity contribution in [3.8, 4) is 0 Å². The largest absolute Gasteiger partial charge is 0.271 e. The Morgan fingerprint density at radius 2 is 1.82 bits per heavy atom. The van der Waals surface area contributed by atoms with Crippen LogP contribution in [-0.4, -0.2) is 6.04 Å². The van der Waals surface area contributed by atoms with E-state index in [9.17, 15) is 0 Å². The van der Waals surface area contributed by atoms with Gasteiger partial charge in [-0.25, -0.2) is 0 Å². The van der Waals surface area contributed by atoms with Gasteiger partial charge in [-0.15, -0.1) is 0 Å². The van der Waals surface area contributed by atoms with E-state index in [1.807, 2.05) is 0 Å². The molecule has 64 valence electrons. The smallest absolute Gasteiger partial charge is 0.0213 e. The molecule has 0 saturated heterocycles. The minimum atomic E-state index is 0.620. The van der Waals surface area contributed by atoms with Gasteiger partial charge in [-0.2, -0.15) is 0 Å². The van der Waals surface area contributed by atoms with E-state index in [-0.39, 0.29) is 0 Å². The highest BCUT2D eigenvalue weighted by Gasteiger charge is 2.34. The molecule has 0 bridgehead atoms. The lowest BCUT2D eigenvalue weighted by Gasteiger charge is -2.28. The Labute approximate surface area is 68.5 Å². The molecule has 0 aromatic rings. The second-order valence-electron chi connectivity index (χ2n) is 4.13. The molecule has 2 aliphatic carbocycles. The maximum atomic E-state index is 5.44. The van der Waals surface area contributed by atoms with Crippen LogP contribution in [0.5, 0.6) is 0 Å². The molecule has 0 heterocycles. The van der Waals surface area contributed by atoms with Crippen molar-refractivity contribution in [3.05, 3.63) is 0 Å². The Morgan fingerprint density at radius 1 is 1.00 bits per heavy atom. The number of nitrogens with one attached hydrogen (secondary N) is 1. The van der Waals surface area contributed by atoms with Crippen LogP contribution in [0.4, 0.5) is 0 Å². The van der Waals surface area contributed by atoms with Crippen molar-refractivity contribution >= 4 is 0 Å². The zero-order chi connectivity index (χ0) is 7.68. The summed E-state index contributed by atoms with van der Waals surface area (Å²) in [7, 11) is 0. The monoisotopic (exact) mass is 154 g/mol. The molecule has 2 fully saturated rings. The van der Waals surface area contributed by atoms with E-state index >= 15 is 0 Å². The van der Waals surface area contributed by atoms with Gasteiger partial charge in [0.05, 0.1) is 0 Å². The minimum Gasteiger partial charge on any atom is -0.271 e. The fraction of sp³-hybridized carbons (Fsp3) is 1.00. The summed E-state index contributed by atoms with van der Waals surface area (Å²) in [6, 6.07) is 0.620. The quantitative estimate of drug-likeness (QED) is 0.466. The normalized spacial score (nSPS) is 39.0. The molecule has 0 aliphatic heterocycles. The van der Waals surface area contributed by atoms with Crippen LogP contribution in [0.25, 0.3) is 0 Å². The van der Waals surface area contributed by atoms with E-state index in [0.29, 0.717) is 6.04 Å². The van der Waals surface area contributed by atoms with E-state index < -0.39 is 0 Å². The number of rotatable bonds is 2. The summed E-state index contributed by atoms with van der Waals surface area (Å²) in [6.07, 6.45) is 8.45. The molecule has 2 atom stereocenters. The first-order valence-electron chi connectivity index (χ1n) is 4.86. The van der Waals surface area contributed by atoms with E-state index in [4.69, 9.17) is 5.84 Å². The van der Waals surface area contributed by atoms with Crippen LogP contribution >= 0.6 is 0 Å². The highest BCUT2D eigenvalue weighted by atomic mass is 15.2. The molecule has 2 aliphatic rings. The van der Waals surface area contributed by atoms with Gasteiger partial charge < -0.3 is 0 Å². The summed E-state index contributed by atoms with van der Waals surface area (Å²) in [5.41, 5.74) is 2.92. The first-order chi connectivity index (χ1) is 5.40. The molecule has 11 heavy (non-hydrogen) atoms. The summed E-state index contributed by atoms with van der Waals surface area (Å²) in [5.74, 6) is 7.52. The molecule has 0 spiro atoms. The van der Waals surface area contributed by atoms with Crippen molar-refractivity contribution in [2.45, 2.75) is 44.6 Å². The second kappa shape index (κ2) is 3.11. The van der Waals surface area contributed by atoms with E-state index in [1.54, 1.807) is 0 Å². The lowest BCUT2D eigenvalue weighted by Crippen LogP contribution is -2.39. The van der Waals surface area contributed by atoms with Gasteiger partial charge in [0.1, 0.15) is 0 Å². The molecular formula is C9H18N2. The lowest BCUT2D eigenvalue weighted by molar-refractivity contribution is 0.263. The maximum Gasteiger partial charge on any atom is 0.0213 e. The van der Waals surface area contributed by atoms with Gasteiger partial charge in [-0.3, -0.25) is 11.3 Å². The average Bonchev–Trinajstić information content (AvgIpc) is 2.87. The fourth-order valence-corrected chi connectivity index (χ4v) is 2.37. The van der Waals surface area contributed by atoms with Crippen LogP contribution in [0, 0.1) is 11.8 Å². The molecule has 2 heteroatoms. The topological polar surface area (TPSA) is 38.0 Å². The summed E-state index contributed by atoms with van der Waals surface area (Å²) in [4.78, 5) is 0. The highest BCUT2D eigenvalue weighted by Crippen LogP contribution is 2.43. The molecule has 0 aromatic carbocycles. The second-order valence-corrected chi connectivity index (χ2v) is 4.13. The van der Waals surface area contributed by atoms with Crippen LogP contribution in [0.1, 0.15) is 38.5 Å².